The lowest BCUT2D eigenvalue weighted by molar-refractivity contribution is -0.124. The number of carbonyl (C=O) groups is 1. The molecule has 1 atom stereocenters. The largest absolute Gasteiger partial charge is 0.351 e. The molecule has 0 spiro atoms. The molecule has 1 amide bonds. The maximum Gasteiger partial charge on any atom is 0.237 e. The first kappa shape index (κ1) is 23.9. The summed E-state index contributed by atoms with van der Waals surface area (Å²) >= 11 is 0. The second-order valence-electron chi connectivity index (χ2n) is 7.36. The van der Waals surface area contributed by atoms with E-state index in [4.69, 9.17) is 5.73 Å². The summed E-state index contributed by atoms with van der Waals surface area (Å²) in [7, 11) is -3.42. The van der Waals surface area contributed by atoms with Crippen LogP contribution < -0.4 is 15.8 Å². The highest BCUT2D eigenvalue weighted by Crippen LogP contribution is 2.18. The molecule has 4 N–H and O–H groups in total. The van der Waals surface area contributed by atoms with Crippen LogP contribution in [-0.2, 0) is 27.1 Å². The number of amides is 1. The summed E-state index contributed by atoms with van der Waals surface area (Å²) in [6, 6.07) is 6.37. The molecular weight excluding hydrogens is 362 g/mol. The average Bonchev–Trinajstić information content (AvgIpc) is 2.42. The lowest BCUT2D eigenvalue weighted by Gasteiger charge is -2.26. The average molecular weight is 392 g/mol. The number of hydrogen-bond donors (Lipinski definition) is 3. The maximum atomic E-state index is 12.1. The van der Waals surface area contributed by atoms with E-state index in [1.165, 1.54) is 0 Å². The summed E-state index contributed by atoms with van der Waals surface area (Å²) in [5, 5.41) is 2.79. The Kier molecular flexibility index (Phi) is 9.08. The highest BCUT2D eigenvalue weighted by Gasteiger charge is 2.27. The van der Waals surface area contributed by atoms with E-state index in [9.17, 15) is 13.2 Å². The number of nitrogens with two attached hydrogens (primary N) is 1. The van der Waals surface area contributed by atoms with Crippen LogP contribution in [0.4, 0.5) is 0 Å². The van der Waals surface area contributed by atoms with Gasteiger partial charge in [-0.2, -0.15) is 0 Å². The summed E-state index contributed by atoms with van der Waals surface area (Å²) in [4.78, 5) is 12.1. The summed E-state index contributed by atoms with van der Waals surface area (Å²) in [6.07, 6.45) is 0. The van der Waals surface area contributed by atoms with Crippen molar-refractivity contribution in [2.45, 2.75) is 59.0 Å². The Bertz CT molecular complexity index is 670. The molecule has 1 rings (SSSR count). The molecule has 0 bridgehead atoms. The van der Waals surface area contributed by atoms with E-state index in [0.29, 0.717) is 5.56 Å². The van der Waals surface area contributed by atoms with Gasteiger partial charge in [-0.05, 0) is 30.4 Å². The van der Waals surface area contributed by atoms with Crippen LogP contribution in [0.2, 0.25) is 0 Å². The summed E-state index contributed by atoms with van der Waals surface area (Å²) in [5.74, 6) is -0.372. The van der Waals surface area contributed by atoms with Crippen molar-refractivity contribution in [2.75, 3.05) is 0 Å². The van der Waals surface area contributed by atoms with Crippen LogP contribution in [0.25, 0.3) is 0 Å². The third kappa shape index (κ3) is 8.18. The highest BCUT2D eigenvalue weighted by molar-refractivity contribution is 7.88. The minimum absolute atomic E-state index is 0. The van der Waals surface area contributed by atoms with Gasteiger partial charge in [-0.15, -0.1) is 12.4 Å². The fourth-order valence-corrected chi connectivity index (χ4v) is 3.65. The molecular formula is C17H30ClN3O3S. The number of sulfonamides is 1. The number of hydrogen-bond acceptors (Lipinski definition) is 4. The van der Waals surface area contributed by atoms with E-state index < -0.39 is 16.1 Å². The number of nitrogens with one attached hydrogen (secondary N) is 2. The van der Waals surface area contributed by atoms with E-state index in [1.807, 2.05) is 32.9 Å². The first-order valence-corrected chi connectivity index (χ1v) is 9.67. The zero-order chi connectivity index (χ0) is 18.5. The van der Waals surface area contributed by atoms with Crippen molar-refractivity contribution in [3.05, 3.63) is 35.4 Å². The van der Waals surface area contributed by atoms with Crippen molar-refractivity contribution in [1.29, 1.82) is 0 Å². The van der Waals surface area contributed by atoms with Crippen LogP contribution in [-0.4, -0.2) is 26.4 Å². The smallest absolute Gasteiger partial charge is 0.237 e. The van der Waals surface area contributed by atoms with E-state index in [1.54, 1.807) is 26.0 Å². The summed E-state index contributed by atoms with van der Waals surface area (Å²) in [6.45, 7) is 9.49. The quantitative estimate of drug-likeness (QED) is 0.660. The molecule has 1 aromatic rings. The van der Waals surface area contributed by atoms with Crippen LogP contribution in [0, 0.1) is 5.41 Å². The van der Waals surface area contributed by atoms with Crippen molar-refractivity contribution in [2.24, 2.45) is 11.1 Å². The van der Waals surface area contributed by atoms with E-state index in [2.05, 4.69) is 10.0 Å². The molecule has 25 heavy (non-hydrogen) atoms. The number of halogens is 1. The van der Waals surface area contributed by atoms with Crippen molar-refractivity contribution in [1.82, 2.24) is 10.0 Å². The molecule has 0 aliphatic carbocycles. The molecule has 0 aliphatic rings. The molecule has 0 saturated heterocycles. The van der Waals surface area contributed by atoms with Crippen molar-refractivity contribution in [3.8, 4) is 0 Å². The molecule has 0 fully saturated rings. The van der Waals surface area contributed by atoms with Gasteiger partial charge in [0.2, 0.25) is 15.9 Å². The van der Waals surface area contributed by atoms with E-state index in [0.717, 1.165) is 5.56 Å². The first-order valence-electron chi connectivity index (χ1n) is 8.02. The van der Waals surface area contributed by atoms with Crippen LogP contribution in [0.1, 0.15) is 45.7 Å². The summed E-state index contributed by atoms with van der Waals surface area (Å²) in [5.41, 5.74) is 7.02. The van der Waals surface area contributed by atoms with E-state index in [-0.39, 0.29) is 42.1 Å². The molecule has 6 nitrogen and oxygen atoms in total. The normalized spacial score (nSPS) is 13.2. The molecule has 0 aliphatic heterocycles. The molecule has 0 unspecified atom stereocenters. The Morgan fingerprint density at radius 1 is 1.16 bits per heavy atom. The first-order chi connectivity index (χ1) is 10.9. The number of rotatable bonds is 7. The monoisotopic (exact) mass is 391 g/mol. The van der Waals surface area contributed by atoms with Gasteiger partial charge < -0.3 is 11.1 Å². The SMILES string of the molecule is CC(C)NS(=O)(=O)Cc1ccccc1CNC(=O)[C@@H](N)C(C)(C)C.Cl. The Morgan fingerprint density at radius 3 is 2.16 bits per heavy atom. The van der Waals surface area contributed by atoms with Gasteiger partial charge in [0, 0.05) is 12.6 Å². The third-order valence-corrected chi connectivity index (χ3v) is 5.07. The van der Waals surface area contributed by atoms with Crippen LogP contribution in [0.3, 0.4) is 0 Å². The van der Waals surface area contributed by atoms with Crippen molar-refractivity contribution in [3.63, 3.8) is 0 Å². The molecule has 8 heteroatoms. The minimum Gasteiger partial charge on any atom is -0.351 e. The Balaban J connectivity index is 0.00000576. The fraction of sp³-hybridized carbons (Fsp3) is 0.588. The van der Waals surface area contributed by atoms with Gasteiger partial charge in [-0.25, -0.2) is 13.1 Å². The number of benzene rings is 1. The molecule has 0 aromatic heterocycles. The fourth-order valence-electron chi connectivity index (χ4n) is 2.16. The molecule has 0 radical (unpaired) electrons. The highest BCUT2D eigenvalue weighted by atomic mass is 35.5. The zero-order valence-electron chi connectivity index (χ0n) is 15.5. The van der Waals surface area contributed by atoms with Gasteiger partial charge in [0.05, 0.1) is 11.8 Å². The van der Waals surface area contributed by atoms with Crippen molar-refractivity contribution < 1.29 is 13.2 Å². The lowest BCUT2D eigenvalue weighted by Crippen LogP contribution is -2.48. The van der Waals surface area contributed by atoms with Gasteiger partial charge in [0.25, 0.3) is 0 Å². The van der Waals surface area contributed by atoms with Crippen LogP contribution >= 0.6 is 12.4 Å². The van der Waals surface area contributed by atoms with Gasteiger partial charge in [0.15, 0.2) is 0 Å². The second-order valence-corrected chi connectivity index (χ2v) is 9.12. The molecule has 1 aromatic carbocycles. The van der Waals surface area contributed by atoms with Gasteiger partial charge in [0.1, 0.15) is 0 Å². The predicted octanol–water partition coefficient (Wildman–Crippen LogP) is 1.93. The Labute approximate surface area is 157 Å². The summed E-state index contributed by atoms with van der Waals surface area (Å²) < 4.78 is 26.8. The second kappa shape index (κ2) is 9.52. The lowest BCUT2D eigenvalue weighted by atomic mass is 9.87. The minimum atomic E-state index is -3.42. The Hall–Kier alpha value is -1.15. The van der Waals surface area contributed by atoms with E-state index >= 15 is 0 Å². The molecule has 144 valence electrons. The molecule has 0 saturated carbocycles. The van der Waals surface area contributed by atoms with Gasteiger partial charge in [-0.1, -0.05) is 45.0 Å². The zero-order valence-corrected chi connectivity index (χ0v) is 17.1. The van der Waals surface area contributed by atoms with Crippen LogP contribution in [0.15, 0.2) is 24.3 Å². The predicted molar refractivity (Wildman–Crippen MR) is 104 cm³/mol. The Morgan fingerprint density at radius 2 is 1.68 bits per heavy atom. The van der Waals surface area contributed by atoms with Crippen LogP contribution in [0.5, 0.6) is 0 Å². The van der Waals surface area contributed by atoms with Crippen molar-refractivity contribution >= 4 is 28.3 Å². The molecule has 0 heterocycles. The van der Waals surface area contributed by atoms with Gasteiger partial charge >= 0.3 is 0 Å². The maximum absolute atomic E-state index is 12.1. The van der Waals surface area contributed by atoms with Gasteiger partial charge in [-0.3, -0.25) is 4.79 Å². The standard InChI is InChI=1S/C17H29N3O3S.ClH/c1-12(2)20-24(22,23)11-14-9-7-6-8-13(14)10-19-16(21)15(18)17(3,4)5;/h6-9,12,15,20H,10-11,18H2,1-5H3,(H,19,21);1H/t15-;/m1./s1. The third-order valence-electron chi connectivity index (χ3n) is 3.55. The topological polar surface area (TPSA) is 101 Å². The number of carbonyl (C=O) groups excluding carboxylic acids is 1.